The minimum atomic E-state index is -4.05. The fourth-order valence-corrected chi connectivity index (χ4v) is 6.05. The third-order valence-corrected chi connectivity index (χ3v) is 8.54. The van der Waals surface area contributed by atoms with Crippen molar-refractivity contribution in [3.63, 3.8) is 0 Å². The largest absolute Gasteiger partial charge is 0.497 e. The van der Waals surface area contributed by atoms with Crippen molar-refractivity contribution in [3.8, 4) is 11.5 Å². The summed E-state index contributed by atoms with van der Waals surface area (Å²) in [5.41, 5.74) is 3.25. The Morgan fingerprint density at radius 1 is 0.875 bits per heavy atom. The topological polar surface area (TPSA) is 84.9 Å². The molecule has 4 aromatic carbocycles. The van der Waals surface area contributed by atoms with Crippen molar-refractivity contribution >= 4 is 21.6 Å². The Kier molecular flexibility index (Phi) is 9.11. The van der Waals surface area contributed by atoms with Gasteiger partial charge in [-0.3, -0.25) is 9.10 Å². The predicted molar refractivity (Wildman–Crippen MR) is 157 cm³/mol. The number of para-hydroxylation sites is 1. The van der Waals surface area contributed by atoms with Crippen LogP contribution in [0.2, 0.25) is 0 Å². The first-order valence-electron chi connectivity index (χ1n) is 13.0. The average Bonchev–Trinajstić information content (AvgIpc) is 2.99. The highest BCUT2D eigenvalue weighted by molar-refractivity contribution is 7.92. The van der Waals surface area contributed by atoms with Crippen molar-refractivity contribution in [1.82, 2.24) is 5.32 Å². The Bertz CT molecular complexity index is 1550. The number of methoxy groups -OCH3 is 2. The number of amides is 1. The number of rotatable bonds is 11. The third kappa shape index (κ3) is 6.29. The fraction of sp³-hybridized carbons (Fsp3) is 0.219. The summed E-state index contributed by atoms with van der Waals surface area (Å²) in [6, 6.07) is 27.9. The van der Waals surface area contributed by atoms with Crippen LogP contribution in [0.3, 0.4) is 0 Å². The molecule has 0 aliphatic rings. The van der Waals surface area contributed by atoms with Crippen LogP contribution < -0.4 is 19.1 Å². The van der Waals surface area contributed by atoms with Crippen molar-refractivity contribution in [1.29, 1.82) is 0 Å². The van der Waals surface area contributed by atoms with Crippen LogP contribution in [0.4, 0.5) is 5.69 Å². The third-order valence-electron chi connectivity index (χ3n) is 6.77. The van der Waals surface area contributed by atoms with E-state index in [1.54, 1.807) is 43.5 Å². The second kappa shape index (κ2) is 12.7. The summed E-state index contributed by atoms with van der Waals surface area (Å²) < 4.78 is 40.0. The molecule has 4 rings (SSSR count). The van der Waals surface area contributed by atoms with Crippen LogP contribution in [-0.2, 0) is 16.6 Å². The Morgan fingerprint density at radius 3 is 2.17 bits per heavy atom. The molecule has 7 nitrogen and oxygen atoms in total. The minimum absolute atomic E-state index is 0.0500. The lowest BCUT2D eigenvalue weighted by Gasteiger charge is -2.27. The van der Waals surface area contributed by atoms with Crippen LogP contribution in [0.25, 0.3) is 0 Å². The zero-order valence-corrected chi connectivity index (χ0v) is 23.9. The molecule has 0 unspecified atom stereocenters. The van der Waals surface area contributed by atoms with Gasteiger partial charge in [0.25, 0.3) is 15.9 Å². The summed E-state index contributed by atoms with van der Waals surface area (Å²) in [5.74, 6) is 0.960. The Morgan fingerprint density at radius 2 is 1.55 bits per heavy atom. The molecule has 208 valence electrons. The molecule has 0 aromatic heterocycles. The molecule has 4 aromatic rings. The number of anilines is 1. The van der Waals surface area contributed by atoms with Gasteiger partial charge in [-0.25, -0.2) is 8.42 Å². The molecule has 0 saturated carbocycles. The number of aryl methyl sites for hydroxylation is 1. The number of hydrogen-bond donors (Lipinski definition) is 1. The van der Waals surface area contributed by atoms with E-state index in [-0.39, 0.29) is 29.0 Å². The fourth-order valence-electron chi connectivity index (χ4n) is 4.58. The zero-order valence-electron chi connectivity index (χ0n) is 23.1. The van der Waals surface area contributed by atoms with Gasteiger partial charge in [-0.05, 0) is 72.5 Å². The highest BCUT2D eigenvalue weighted by Crippen LogP contribution is 2.31. The molecule has 8 heteroatoms. The summed E-state index contributed by atoms with van der Waals surface area (Å²) in [6.07, 6.45) is 0.650. The van der Waals surface area contributed by atoms with E-state index in [9.17, 15) is 13.2 Å². The summed E-state index contributed by atoms with van der Waals surface area (Å²) >= 11 is 0. The highest BCUT2D eigenvalue weighted by atomic mass is 32.2. The zero-order chi connectivity index (χ0) is 28.7. The molecule has 0 heterocycles. The van der Waals surface area contributed by atoms with E-state index in [2.05, 4.69) is 5.32 Å². The maximum atomic E-state index is 14.1. The normalized spacial score (nSPS) is 11.9. The minimum Gasteiger partial charge on any atom is -0.497 e. The van der Waals surface area contributed by atoms with Crippen molar-refractivity contribution in [3.05, 3.63) is 119 Å². The monoisotopic (exact) mass is 558 g/mol. The van der Waals surface area contributed by atoms with Crippen molar-refractivity contribution in [2.45, 2.75) is 37.8 Å². The lowest BCUT2D eigenvalue weighted by Crippen LogP contribution is -2.34. The number of sulfonamides is 1. The lowest BCUT2D eigenvalue weighted by molar-refractivity contribution is 0.0936. The van der Waals surface area contributed by atoms with E-state index in [0.717, 1.165) is 22.4 Å². The second-order valence-electron chi connectivity index (χ2n) is 9.35. The maximum Gasteiger partial charge on any atom is 0.264 e. The Balaban J connectivity index is 1.74. The van der Waals surface area contributed by atoms with Gasteiger partial charge in [-0.15, -0.1) is 0 Å². The molecule has 0 bridgehead atoms. The molecule has 0 radical (unpaired) electrons. The molecular formula is C32H34N2O5S. The average molecular weight is 559 g/mol. The summed E-state index contributed by atoms with van der Waals surface area (Å²) in [6.45, 7) is 4.00. The van der Waals surface area contributed by atoms with Crippen molar-refractivity contribution < 1.29 is 22.7 Å². The SMILES string of the molecule is CC[C@H](NC(=O)c1ccccc1N(Cc1ccccc1)S(=O)(=O)c1ccc(OC)cc1)c1ccc(OC)c(C)c1. The van der Waals surface area contributed by atoms with E-state index >= 15 is 0 Å². The lowest BCUT2D eigenvalue weighted by atomic mass is 10.0. The molecule has 0 saturated heterocycles. The summed E-state index contributed by atoms with van der Waals surface area (Å²) in [5, 5.41) is 3.11. The van der Waals surface area contributed by atoms with Crippen LogP contribution in [0.5, 0.6) is 11.5 Å². The number of carbonyl (C=O) groups excluding carboxylic acids is 1. The van der Waals surface area contributed by atoms with Crippen LogP contribution in [0, 0.1) is 6.92 Å². The van der Waals surface area contributed by atoms with Crippen molar-refractivity contribution in [2.24, 2.45) is 0 Å². The standard InChI is InChI=1S/C32H34N2O5S/c1-5-29(25-15-20-31(39-4)23(2)21-25)33-32(35)28-13-9-10-14-30(28)34(22-24-11-7-6-8-12-24)40(36,37)27-18-16-26(38-3)17-19-27/h6-21,29H,5,22H2,1-4H3,(H,33,35)/t29-/m0/s1. The Hall–Kier alpha value is -4.30. The molecule has 1 N–H and O–H groups in total. The molecule has 0 aliphatic carbocycles. The summed E-state index contributed by atoms with van der Waals surface area (Å²) in [7, 11) is -0.900. The second-order valence-corrected chi connectivity index (χ2v) is 11.2. The molecule has 1 amide bonds. The van der Waals surface area contributed by atoms with Gasteiger partial charge in [0.15, 0.2) is 0 Å². The van der Waals surface area contributed by atoms with Crippen LogP contribution >= 0.6 is 0 Å². The van der Waals surface area contributed by atoms with Gasteiger partial charge in [-0.2, -0.15) is 0 Å². The van der Waals surface area contributed by atoms with Gasteiger partial charge in [0.05, 0.1) is 43.0 Å². The number of nitrogens with one attached hydrogen (secondary N) is 1. The number of hydrogen-bond acceptors (Lipinski definition) is 5. The van der Waals surface area contributed by atoms with Gasteiger partial charge in [0.2, 0.25) is 0 Å². The number of benzene rings is 4. The molecule has 0 aliphatic heterocycles. The molecule has 40 heavy (non-hydrogen) atoms. The van der Waals surface area contributed by atoms with E-state index in [4.69, 9.17) is 9.47 Å². The summed E-state index contributed by atoms with van der Waals surface area (Å²) in [4.78, 5) is 13.8. The smallest absolute Gasteiger partial charge is 0.264 e. The van der Waals surface area contributed by atoms with Crippen LogP contribution in [-0.4, -0.2) is 28.5 Å². The van der Waals surface area contributed by atoms with E-state index in [1.807, 2.05) is 62.4 Å². The van der Waals surface area contributed by atoms with E-state index in [1.165, 1.54) is 23.5 Å². The Labute approximate surface area is 236 Å². The molecule has 1 atom stereocenters. The van der Waals surface area contributed by atoms with E-state index < -0.39 is 10.0 Å². The molecule has 0 fully saturated rings. The number of carbonyl (C=O) groups is 1. The molecular weight excluding hydrogens is 524 g/mol. The van der Waals surface area contributed by atoms with Gasteiger partial charge in [0, 0.05) is 0 Å². The van der Waals surface area contributed by atoms with Gasteiger partial charge >= 0.3 is 0 Å². The predicted octanol–water partition coefficient (Wildman–Crippen LogP) is 6.29. The first-order chi connectivity index (χ1) is 19.3. The van der Waals surface area contributed by atoms with Crippen molar-refractivity contribution in [2.75, 3.05) is 18.5 Å². The number of ether oxygens (including phenoxy) is 2. The number of nitrogens with zero attached hydrogens (tertiary/aromatic N) is 1. The maximum absolute atomic E-state index is 14.1. The van der Waals surface area contributed by atoms with Crippen LogP contribution in [0.15, 0.2) is 102 Å². The molecule has 0 spiro atoms. The van der Waals surface area contributed by atoms with Gasteiger partial charge in [0.1, 0.15) is 11.5 Å². The first-order valence-corrected chi connectivity index (χ1v) is 14.5. The van der Waals surface area contributed by atoms with E-state index in [0.29, 0.717) is 17.9 Å². The highest BCUT2D eigenvalue weighted by Gasteiger charge is 2.29. The van der Waals surface area contributed by atoms with Crippen LogP contribution in [0.1, 0.15) is 46.4 Å². The van der Waals surface area contributed by atoms with Gasteiger partial charge < -0.3 is 14.8 Å². The first kappa shape index (κ1) is 28.7. The quantitative estimate of drug-likeness (QED) is 0.234. The van der Waals surface area contributed by atoms with Gasteiger partial charge in [-0.1, -0.05) is 61.5 Å².